The minimum absolute atomic E-state index is 0.0229. The third kappa shape index (κ3) is 4.40. The van der Waals surface area contributed by atoms with Crippen molar-refractivity contribution in [2.24, 2.45) is 0 Å². The monoisotopic (exact) mass is 379 g/mol. The minimum Gasteiger partial charge on any atom is -0.396 e. The summed E-state index contributed by atoms with van der Waals surface area (Å²) in [6.45, 7) is 0.161. The summed E-state index contributed by atoms with van der Waals surface area (Å²) < 4.78 is 40.6. The quantitative estimate of drug-likeness (QED) is 0.484. The predicted molar refractivity (Wildman–Crippen MR) is 90.5 cm³/mol. The number of alkyl halides is 3. The number of fused-ring (bicyclic) bond motifs is 1. The molecule has 0 saturated heterocycles. The first-order valence-corrected chi connectivity index (χ1v) is 8.13. The SMILES string of the molecule is O=C(Cc1nc2cc(C(F)(F)F)cc(NCCCO)n2n1)c1cccnc1. The number of pyridine rings is 2. The van der Waals surface area contributed by atoms with E-state index in [1.54, 1.807) is 12.1 Å². The van der Waals surface area contributed by atoms with Gasteiger partial charge in [0.25, 0.3) is 0 Å². The molecule has 0 aliphatic heterocycles. The number of Topliss-reactive ketones (excluding diaryl/α,β-unsaturated/α-hetero) is 1. The van der Waals surface area contributed by atoms with Gasteiger partial charge in [0.1, 0.15) is 5.82 Å². The van der Waals surface area contributed by atoms with E-state index in [0.29, 0.717) is 12.0 Å². The average Bonchev–Trinajstić information content (AvgIpc) is 3.04. The van der Waals surface area contributed by atoms with Crippen molar-refractivity contribution in [1.29, 1.82) is 0 Å². The Morgan fingerprint density at radius 1 is 1.30 bits per heavy atom. The molecule has 27 heavy (non-hydrogen) atoms. The summed E-state index contributed by atoms with van der Waals surface area (Å²) >= 11 is 0. The van der Waals surface area contributed by atoms with Gasteiger partial charge in [0.05, 0.1) is 12.0 Å². The third-order valence-corrected chi connectivity index (χ3v) is 3.75. The number of halogens is 3. The van der Waals surface area contributed by atoms with Crippen LogP contribution in [0.3, 0.4) is 0 Å². The molecule has 3 heterocycles. The maximum Gasteiger partial charge on any atom is 0.416 e. The lowest BCUT2D eigenvalue weighted by molar-refractivity contribution is -0.137. The van der Waals surface area contributed by atoms with E-state index >= 15 is 0 Å². The Kier molecular flexibility index (Phi) is 5.36. The van der Waals surface area contributed by atoms with Gasteiger partial charge in [0.2, 0.25) is 0 Å². The van der Waals surface area contributed by atoms with Crippen LogP contribution in [0.5, 0.6) is 0 Å². The molecule has 3 aromatic heterocycles. The fourth-order valence-electron chi connectivity index (χ4n) is 2.46. The van der Waals surface area contributed by atoms with Crippen molar-refractivity contribution in [3.63, 3.8) is 0 Å². The van der Waals surface area contributed by atoms with E-state index in [1.165, 1.54) is 16.9 Å². The standard InChI is InChI=1S/C17H16F3N5O2/c18-17(19,20)12-7-15(22-5-2-6-26)25-16(8-12)23-14(24-25)9-13(27)11-3-1-4-21-10-11/h1,3-4,7-8,10,22,26H,2,5-6,9H2. The van der Waals surface area contributed by atoms with E-state index in [0.717, 1.165) is 12.1 Å². The highest BCUT2D eigenvalue weighted by Gasteiger charge is 2.32. The number of aromatic nitrogens is 4. The molecule has 142 valence electrons. The van der Waals surface area contributed by atoms with Crippen molar-refractivity contribution in [3.8, 4) is 0 Å². The van der Waals surface area contributed by atoms with Gasteiger partial charge < -0.3 is 10.4 Å². The van der Waals surface area contributed by atoms with Crippen LogP contribution in [0, 0.1) is 0 Å². The Hall–Kier alpha value is -3.01. The lowest BCUT2D eigenvalue weighted by atomic mass is 10.1. The summed E-state index contributed by atoms with van der Waals surface area (Å²) in [5.74, 6) is -0.0981. The van der Waals surface area contributed by atoms with Crippen molar-refractivity contribution < 1.29 is 23.1 Å². The van der Waals surface area contributed by atoms with Gasteiger partial charge in [-0.2, -0.15) is 17.7 Å². The van der Waals surface area contributed by atoms with Crippen LogP contribution in [0.15, 0.2) is 36.7 Å². The largest absolute Gasteiger partial charge is 0.416 e. The number of carbonyl (C=O) groups excluding carboxylic acids is 1. The second-order valence-corrected chi connectivity index (χ2v) is 5.77. The first kappa shape index (κ1) is 18.8. The molecule has 0 unspecified atom stereocenters. The summed E-state index contributed by atoms with van der Waals surface area (Å²) in [5, 5.41) is 15.8. The van der Waals surface area contributed by atoms with Gasteiger partial charge in [-0.15, -0.1) is 5.10 Å². The van der Waals surface area contributed by atoms with Crippen molar-refractivity contribution in [2.75, 3.05) is 18.5 Å². The topological polar surface area (TPSA) is 92.4 Å². The van der Waals surface area contributed by atoms with Crippen LogP contribution in [-0.2, 0) is 12.6 Å². The molecule has 3 rings (SSSR count). The van der Waals surface area contributed by atoms with E-state index < -0.39 is 11.7 Å². The highest BCUT2D eigenvalue weighted by molar-refractivity contribution is 5.96. The van der Waals surface area contributed by atoms with Crippen molar-refractivity contribution >= 4 is 17.2 Å². The van der Waals surface area contributed by atoms with Gasteiger partial charge in [0, 0.05) is 31.1 Å². The van der Waals surface area contributed by atoms with Crippen LogP contribution in [0.4, 0.5) is 19.0 Å². The van der Waals surface area contributed by atoms with E-state index in [9.17, 15) is 18.0 Å². The normalized spacial score (nSPS) is 11.7. The Morgan fingerprint density at radius 2 is 2.11 bits per heavy atom. The number of nitrogens with zero attached hydrogens (tertiary/aromatic N) is 4. The Balaban J connectivity index is 1.94. The molecule has 0 fully saturated rings. The van der Waals surface area contributed by atoms with Gasteiger partial charge in [-0.05, 0) is 30.7 Å². The molecular weight excluding hydrogens is 363 g/mol. The molecule has 0 spiro atoms. The Morgan fingerprint density at radius 3 is 2.78 bits per heavy atom. The maximum atomic E-state index is 13.1. The fraction of sp³-hybridized carbons (Fsp3) is 0.294. The summed E-state index contributed by atoms with van der Waals surface area (Å²) in [6.07, 6.45) is -1.42. The molecule has 0 amide bonds. The van der Waals surface area contributed by atoms with Crippen molar-refractivity contribution in [1.82, 2.24) is 19.6 Å². The van der Waals surface area contributed by atoms with Gasteiger partial charge in [-0.1, -0.05) is 0 Å². The Labute approximate surface area is 151 Å². The zero-order valence-electron chi connectivity index (χ0n) is 14.1. The summed E-state index contributed by atoms with van der Waals surface area (Å²) in [7, 11) is 0. The number of hydrogen-bond donors (Lipinski definition) is 2. The number of nitrogens with one attached hydrogen (secondary N) is 1. The fourth-order valence-corrected chi connectivity index (χ4v) is 2.46. The molecule has 0 aromatic carbocycles. The first-order chi connectivity index (χ1) is 12.9. The van der Waals surface area contributed by atoms with Crippen LogP contribution in [0.2, 0.25) is 0 Å². The number of anilines is 1. The molecule has 0 bridgehead atoms. The van der Waals surface area contributed by atoms with Gasteiger partial charge in [0.15, 0.2) is 17.3 Å². The zero-order chi connectivity index (χ0) is 19.4. The number of aliphatic hydroxyl groups excluding tert-OH is 1. The lowest BCUT2D eigenvalue weighted by Crippen LogP contribution is -2.12. The molecule has 0 aliphatic carbocycles. The lowest BCUT2D eigenvalue weighted by Gasteiger charge is -2.11. The highest BCUT2D eigenvalue weighted by atomic mass is 19.4. The van der Waals surface area contributed by atoms with E-state index in [-0.39, 0.29) is 42.6 Å². The number of ketones is 1. The predicted octanol–water partition coefficient (Wildman–Crippen LogP) is 2.36. The van der Waals surface area contributed by atoms with Gasteiger partial charge in [-0.3, -0.25) is 9.78 Å². The second-order valence-electron chi connectivity index (χ2n) is 5.77. The van der Waals surface area contributed by atoms with E-state index in [4.69, 9.17) is 5.11 Å². The van der Waals surface area contributed by atoms with Crippen LogP contribution < -0.4 is 5.32 Å². The van der Waals surface area contributed by atoms with Crippen molar-refractivity contribution in [3.05, 3.63) is 53.6 Å². The molecule has 0 radical (unpaired) electrons. The number of aliphatic hydroxyl groups is 1. The number of hydrogen-bond acceptors (Lipinski definition) is 6. The molecule has 0 aliphatic rings. The maximum absolute atomic E-state index is 13.1. The Bertz CT molecular complexity index is 941. The summed E-state index contributed by atoms with van der Waals surface area (Å²) in [4.78, 5) is 20.2. The highest BCUT2D eigenvalue weighted by Crippen LogP contribution is 2.31. The molecule has 0 atom stereocenters. The van der Waals surface area contributed by atoms with Gasteiger partial charge >= 0.3 is 6.18 Å². The number of carbonyl (C=O) groups is 1. The summed E-state index contributed by atoms with van der Waals surface area (Å²) in [5.41, 5.74) is -0.530. The smallest absolute Gasteiger partial charge is 0.396 e. The average molecular weight is 379 g/mol. The summed E-state index contributed by atoms with van der Waals surface area (Å²) in [6, 6.07) is 5.01. The van der Waals surface area contributed by atoms with E-state index in [1.807, 2.05) is 0 Å². The molecular formula is C17H16F3N5O2. The zero-order valence-corrected chi connectivity index (χ0v) is 14.1. The van der Waals surface area contributed by atoms with Crippen LogP contribution in [-0.4, -0.2) is 43.6 Å². The number of rotatable bonds is 7. The molecule has 3 aromatic rings. The third-order valence-electron chi connectivity index (χ3n) is 3.75. The van der Waals surface area contributed by atoms with Crippen LogP contribution in [0.25, 0.3) is 5.65 Å². The second kappa shape index (κ2) is 7.70. The van der Waals surface area contributed by atoms with Gasteiger partial charge in [-0.25, -0.2) is 4.98 Å². The van der Waals surface area contributed by atoms with E-state index in [2.05, 4.69) is 20.4 Å². The first-order valence-electron chi connectivity index (χ1n) is 8.13. The molecule has 10 heteroatoms. The molecule has 7 nitrogen and oxygen atoms in total. The van der Waals surface area contributed by atoms with Crippen molar-refractivity contribution in [2.45, 2.75) is 19.0 Å². The molecule has 2 N–H and O–H groups in total. The minimum atomic E-state index is -4.55. The van der Waals surface area contributed by atoms with Crippen LogP contribution in [0.1, 0.15) is 28.2 Å². The van der Waals surface area contributed by atoms with Crippen LogP contribution >= 0.6 is 0 Å². The molecule has 0 saturated carbocycles.